The molecule has 1 aromatic rings. The molecule has 7 nitrogen and oxygen atoms in total. The van der Waals surface area contributed by atoms with Crippen LogP contribution in [0.3, 0.4) is 0 Å². The van der Waals surface area contributed by atoms with Gasteiger partial charge in [0.25, 0.3) is 11.8 Å². The summed E-state index contributed by atoms with van der Waals surface area (Å²) < 4.78 is 4.94. The van der Waals surface area contributed by atoms with E-state index in [1.807, 2.05) is 13.8 Å². The summed E-state index contributed by atoms with van der Waals surface area (Å²) in [5.74, 6) is -1.28. The van der Waals surface area contributed by atoms with E-state index in [1.54, 1.807) is 43.0 Å². The van der Waals surface area contributed by atoms with Crippen LogP contribution in [0.1, 0.15) is 61.3 Å². The van der Waals surface area contributed by atoms with Gasteiger partial charge in [0.15, 0.2) is 0 Å². The van der Waals surface area contributed by atoms with Crippen molar-refractivity contribution in [1.82, 2.24) is 9.80 Å². The summed E-state index contributed by atoms with van der Waals surface area (Å²) in [5.41, 5.74) is 0.625. The van der Waals surface area contributed by atoms with Gasteiger partial charge in [-0.3, -0.25) is 24.1 Å². The van der Waals surface area contributed by atoms with Gasteiger partial charge in [-0.2, -0.15) is 0 Å². The Morgan fingerprint density at radius 2 is 1.61 bits per heavy atom. The van der Waals surface area contributed by atoms with Crippen LogP contribution in [-0.4, -0.2) is 59.2 Å². The van der Waals surface area contributed by atoms with Gasteiger partial charge in [0.05, 0.1) is 24.2 Å². The Balaban J connectivity index is 2.14. The molecule has 2 rings (SSSR count). The second-order valence-electron chi connectivity index (χ2n) is 7.26. The van der Waals surface area contributed by atoms with E-state index in [4.69, 9.17) is 4.74 Å². The molecule has 0 aliphatic carbocycles. The molecule has 1 aliphatic heterocycles. The third-order valence-electron chi connectivity index (χ3n) is 4.75. The van der Waals surface area contributed by atoms with Gasteiger partial charge in [-0.15, -0.1) is 0 Å². The molecule has 1 unspecified atom stereocenters. The lowest BCUT2D eigenvalue weighted by Gasteiger charge is -2.29. The summed E-state index contributed by atoms with van der Waals surface area (Å²) in [7, 11) is 0. The van der Waals surface area contributed by atoms with E-state index in [2.05, 4.69) is 0 Å². The minimum atomic E-state index is -0.943. The molecular formula is C21H28N2O5. The van der Waals surface area contributed by atoms with Crippen LogP contribution in [0.25, 0.3) is 0 Å². The lowest BCUT2D eigenvalue weighted by Crippen LogP contribution is -2.50. The summed E-state index contributed by atoms with van der Waals surface area (Å²) in [4.78, 5) is 52.7. The van der Waals surface area contributed by atoms with Crippen LogP contribution in [-0.2, 0) is 14.3 Å². The third-order valence-corrected chi connectivity index (χ3v) is 4.75. The number of fused-ring (bicyclic) bond motifs is 1. The highest BCUT2D eigenvalue weighted by molar-refractivity contribution is 6.22. The van der Waals surface area contributed by atoms with E-state index < -0.39 is 17.9 Å². The molecular weight excluding hydrogens is 360 g/mol. The van der Waals surface area contributed by atoms with Crippen LogP contribution in [0.15, 0.2) is 24.3 Å². The van der Waals surface area contributed by atoms with E-state index in [0.29, 0.717) is 23.6 Å². The quantitative estimate of drug-likeness (QED) is 0.479. The molecule has 28 heavy (non-hydrogen) atoms. The highest BCUT2D eigenvalue weighted by Gasteiger charge is 2.41. The standard InChI is InChI=1S/C21H28N2O5/c1-5-28-18(24)11-13-22(12-10-14(2)3)19(25)15(4)23-20(26)16-8-6-7-9-17(16)21(23)27/h6-9,14-15H,5,10-13H2,1-4H3. The number of carbonyl (C=O) groups excluding carboxylic acids is 4. The number of hydrogen-bond donors (Lipinski definition) is 0. The molecule has 0 radical (unpaired) electrons. The van der Waals surface area contributed by atoms with Crippen LogP contribution in [0.2, 0.25) is 0 Å². The summed E-state index contributed by atoms with van der Waals surface area (Å²) in [6, 6.07) is 5.61. The Labute approximate surface area is 165 Å². The first-order valence-corrected chi connectivity index (χ1v) is 9.69. The van der Waals surface area contributed by atoms with E-state index >= 15 is 0 Å². The minimum absolute atomic E-state index is 0.0759. The number of carbonyl (C=O) groups is 4. The smallest absolute Gasteiger partial charge is 0.307 e. The first-order chi connectivity index (χ1) is 13.3. The predicted octanol–water partition coefficient (Wildman–Crippen LogP) is 2.50. The zero-order valence-electron chi connectivity index (χ0n) is 16.9. The number of amides is 3. The Morgan fingerprint density at radius 3 is 2.11 bits per heavy atom. The highest BCUT2D eigenvalue weighted by atomic mass is 16.5. The Hall–Kier alpha value is -2.70. The first kappa shape index (κ1) is 21.6. The van der Waals surface area contributed by atoms with E-state index in [0.717, 1.165) is 11.3 Å². The number of imide groups is 1. The van der Waals surface area contributed by atoms with Crippen molar-refractivity contribution in [3.63, 3.8) is 0 Å². The fraction of sp³-hybridized carbons (Fsp3) is 0.524. The largest absolute Gasteiger partial charge is 0.466 e. The van der Waals surface area contributed by atoms with Gasteiger partial charge in [0.2, 0.25) is 5.91 Å². The number of nitrogens with zero attached hydrogens (tertiary/aromatic N) is 2. The fourth-order valence-corrected chi connectivity index (χ4v) is 3.14. The molecule has 0 bridgehead atoms. The monoisotopic (exact) mass is 388 g/mol. The zero-order valence-corrected chi connectivity index (χ0v) is 16.9. The molecule has 0 aromatic heterocycles. The second kappa shape index (κ2) is 9.48. The molecule has 0 saturated heterocycles. The summed E-state index contributed by atoms with van der Waals surface area (Å²) in [5, 5.41) is 0. The molecule has 0 N–H and O–H groups in total. The van der Waals surface area contributed by atoms with Gasteiger partial charge < -0.3 is 9.64 Å². The van der Waals surface area contributed by atoms with Crippen molar-refractivity contribution in [2.24, 2.45) is 5.92 Å². The highest BCUT2D eigenvalue weighted by Crippen LogP contribution is 2.25. The van der Waals surface area contributed by atoms with Crippen LogP contribution in [0.4, 0.5) is 0 Å². The summed E-state index contributed by atoms with van der Waals surface area (Å²) in [6.45, 7) is 8.29. The van der Waals surface area contributed by atoms with E-state index in [1.165, 1.54) is 0 Å². The average Bonchev–Trinajstić information content (AvgIpc) is 2.92. The Morgan fingerprint density at radius 1 is 1.04 bits per heavy atom. The maximum Gasteiger partial charge on any atom is 0.307 e. The first-order valence-electron chi connectivity index (χ1n) is 9.69. The molecule has 152 valence electrons. The van der Waals surface area contributed by atoms with Crippen molar-refractivity contribution in [3.8, 4) is 0 Å². The number of benzene rings is 1. The van der Waals surface area contributed by atoms with Gasteiger partial charge in [-0.1, -0.05) is 26.0 Å². The zero-order chi connectivity index (χ0) is 20.8. The van der Waals surface area contributed by atoms with Gasteiger partial charge in [-0.05, 0) is 38.3 Å². The van der Waals surface area contributed by atoms with Gasteiger partial charge in [0.1, 0.15) is 6.04 Å². The van der Waals surface area contributed by atoms with Crippen molar-refractivity contribution < 1.29 is 23.9 Å². The fourth-order valence-electron chi connectivity index (χ4n) is 3.14. The second-order valence-corrected chi connectivity index (χ2v) is 7.26. The molecule has 0 saturated carbocycles. The lowest BCUT2D eigenvalue weighted by molar-refractivity contribution is -0.144. The van der Waals surface area contributed by atoms with Gasteiger partial charge in [0, 0.05) is 13.1 Å². The number of hydrogen-bond acceptors (Lipinski definition) is 5. The molecule has 1 atom stereocenters. The summed E-state index contributed by atoms with van der Waals surface area (Å²) >= 11 is 0. The van der Waals surface area contributed by atoms with Crippen molar-refractivity contribution in [1.29, 1.82) is 0 Å². The molecule has 3 amide bonds. The number of rotatable bonds is 9. The van der Waals surface area contributed by atoms with Crippen LogP contribution in [0, 0.1) is 5.92 Å². The summed E-state index contributed by atoms with van der Waals surface area (Å²) in [6.07, 6.45) is 0.829. The molecule has 7 heteroatoms. The third kappa shape index (κ3) is 4.77. The van der Waals surface area contributed by atoms with Crippen molar-refractivity contribution in [3.05, 3.63) is 35.4 Å². The average molecular weight is 388 g/mol. The lowest BCUT2D eigenvalue weighted by atomic mass is 10.1. The SMILES string of the molecule is CCOC(=O)CCN(CCC(C)C)C(=O)C(C)N1C(=O)c2ccccc2C1=O. The van der Waals surface area contributed by atoms with E-state index in [9.17, 15) is 19.2 Å². The Bertz CT molecular complexity index is 724. The van der Waals surface area contributed by atoms with Crippen LogP contribution < -0.4 is 0 Å². The normalized spacial score (nSPS) is 14.2. The minimum Gasteiger partial charge on any atom is -0.466 e. The maximum atomic E-state index is 13.1. The molecule has 1 aliphatic rings. The number of ether oxygens (including phenoxy) is 1. The van der Waals surface area contributed by atoms with Crippen molar-refractivity contribution in [2.75, 3.05) is 19.7 Å². The van der Waals surface area contributed by atoms with Gasteiger partial charge >= 0.3 is 5.97 Å². The number of esters is 1. The molecule has 0 fully saturated rings. The molecule has 1 aromatic carbocycles. The maximum absolute atomic E-state index is 13.1. The predicted molar refractivity (Wildman–Crippen MR) is 104 cm³/mol. The van der Waals surface area contributed by atoms with Crippen molar-refractivity contribution >= 4 is 23.7 Å². The Kier molecular flexibility index (Phi) is 7.31. The topological polar surface area (TPSA) is 84.0 Å². The van der Waals surface area contributed by atoms with E-state index in [-0.39, 0.29) is 31.4 Å². The molecule has 1 heterocycles. The van der Waals surface area contributed by atoms with Crippen molar-refractivity contribution in [2.45, 2.75) is 46.6 Å². The van der Waals surface area contributed by atoms with Crippen LogP contribution in [0.5, 0.6) is 0 Å². The molecule has 0 spiro atoms. The van der Waals surface area contributed by atoms with Gasteiger partial charge in [-0.25, -0.2) is 0 Å². The van der Waals surface area contributed by atoms with Crippen LogP contribution >= 0.6 is 0 Å².